The molecule has 0 fully saturated rings. The molecule has 0 heterocycles. The Morgan fingerprint density at radius 2 is 0.963 bits per heavy atom. The summed E-state index contributed by atoms with van der Waals surface area (Å²) in [5.41, 5.74) is 0. The summed E-state index contributed by atoms with van der Waals surface area (Å²) in [6.45, 7) is 4.61. The average molecular weight is 773 g/mol. The number of unbranched alkanes of at least 4 members (excludes halogenated alkanes) is 15. The van der Waals surface area contributed by atoms with Crippen LogP contribution >= 0.6 is 0 Å². The first kappa shape index (κ1) is 50.9. The van der Waals surface area contributed by atoms with Gasteiger partial charge in [-0.25, -0.2) is 4.79 Å². The second kappa shape index (κ2) is 39.6. The Labute approximate surface area is 323 Å². The van der Waals surface area contributed by atoms with Gasteiger partial charge in [0.05, 0.1) is 39.6 Å². The first-order valence-electron chi connectivity index (χ1n) is 20.4. The molecule has 15 nitrogen and oxygen atoms in total. The summed E-state index contributed by atoms with van der Waals surface area (Å²) < 4.78 is 21.2. The number of hydrogen-bond acceptors (Lipinski definition) is 10. The van der Waals surface area contributed by atoms with Gasteiger partial charge in [-0.15, -0.1) is 0 Å². The topological polar surface area (TPSA) is 208 Å². The van der Waals surface area contributed by atoms with Gasteiger partial charge in [-0.05, 0) is 25.7 Å². The summed E-state index contributed by atoms with van der Waals surface area (Å²) in [5.74, 6) is -2.26. The van der Waals surface area contributed by atoms with Gasteiger partial charge < -0.3 is 50.1 Å². The fourth-order valence-electron chi connectivity index (χ4n) is 5.32. The molecule has 314 valence electrons. The van der Waals surface area contributed by atoms with Crippen molar-refractivity contribution >= 4 is 35.9 Å². The molecule has 0 aliphatic heterocycles. The fourth-order valence-corrected chi connectivity index (χ4v) is 5.32. The zero-order chi connectivity index (χ0) is 39.7. The first-order valence-corrected chi connectivity index (χ1v) is 20.4. The standard InChI is InChI=1S/C39H72N4O11/c1-2-3-22-40-37(47)32-53-30-29-52-27-24-42-38(48)33-54-31-28-51-26-23-41-35(45)21-20-34(39(49)50)43-36(46)19-17-15-13-11-9-7-5-4-6-8-10-12-14-16-18-25-44/h25,34H,2-24,26-33H2,1H3,(H,40,47)(H,41,45)(H,42,48)(H,43,46)(H,49,50). The van der Waals surface area contributed by atoms with Crippen molar-refractivity contribution in [3.05, 3.63) is 0 Å². The fraction of sp³-hybridized carbons (Fsp3) is 0.846. The number of ether oxygens (including phenoxy) is 4. The monoisotopic (exact) mass is 773 g/mol. The van der Waals surface area contributed by atoms with Gasteiger partial charge in [-0.2, -0.15) is 0 Å². The molecule has 0 aromatic carbocycles. The van der Waals surface area contributed by atoms with Crippen molar-refractivity contribution in [1.82, 2.24) is 21.3 Å². The molecule has 0 spiro atoms. The molecule has 0 rings (SSSR count). The van der Waals surface area contributed by atoms with E-state index in [-0.39, 0.29) is 89.1 Å². The molecule has 0 saturated heterocycles. The van der Waals surface area contributed by atoms with Crippen molar-refractivity contribution in [2.75, 3.05) is 72.5 Å². The molecule has 0 saturated carbocycles. The minimum Gasteiger partial charge on any atom is -0.480 e. The number of carboxylic acids is 1. The van der Waals surface area contributed by atoms with E-state index in [0.29, 0.717) is 39.1 Å². The Morgan fingerprint density at radius 1 is 0.519 bits per heavy atom. The van der Waals surface area contributed by atoms with Gasteiger partial charge in [-0.1, -0.05) is 90.4 Å². The van der Waals surface area contributed by atoms with Crippen LogP contribution in [0.15, 0.2) is 0 Å². The summed E-state index contributed by atoms with van der Waals surface area (Å²) in [6, 6.07) is -1.12. The summed E-state index contributed by atoms with van der Waals surface area (Å²) in [5, 5.41) is 20.1. The number of amides is 4. The van der Waals surface area contributed by atoms with Crippen LogP contribution in [0.4, 0.5) is 0 Å². The predicted molar refractivity (Wildman–Crippen MR) is 206 cm³/mol. The van der Waals surface area contributed by atoms with Crippen LogP contribution in [0.3, 0.4) is 0 Å². The van der Waals surface area contributed by atoms with Gasteiger partial charge in [0.25, 0.3) is 0 Å². The molecular weight excluding hydrogens is 700 g/mol. The highest BCUT2D eigenvalue weighted by molar-refractivity contribution is 5.84. The molecule has 1 atom stereocenters. The zero-order valence-electron chi connectivity index (χ0n) is 33.1. The lowest BCUT2D eigenvalue weighted by atomic mass is 10.0. The second-order valence-corrected chi connectivity index (χ2v) is 13.4. The van der Waals surface area contributed by atoms with Crippen molar-refractivity contribution in [2.24, 2.45) is 0 Å². The summed E-state index contributed by atoms with van der Waals surface area (Å²) >= 11 is 0. The minimum absolute atomic E-state index is 0.00710. The summed E-state index contributed by atoms with van der Waals surface area (Å²) in [6.07, 6.45) is 19.9. The van der Waals surface area contributed by atoms with Crippen LogP contribution in [0, 0.1) is 0 Å². The Morgan fingerprint density at radius 3 is 1.44 bits per heavy atom. The minimum atomic E-state index is -1.17. The number of aldehydes is 1. The maximum atomic E-state index is 12.3. The van der Waals surface area contributed by atoms with Gasteiger partial charge in [0.15, 0.2) is 0 Å². The highest BCUT2D eigenvalue weighted by Crippen LogP contribution is 2.14. The lowest BCUT2D eigenvalue weighted by Gasteiger charge is -2.14. The number of aliphatic carboxylic acids is 1. The third-order valence-corrected chi connectivity index (χ3v) is 8.47. The van der Waals surface area contributed by atoms with Gasteiger partial charge in [0.1, 0.15) is 25.5 Å². The highest BCUT2D eigenvalue weighted by atomic mass is 16.5. The molecule has 4 amide bonds. The Hall–Kier alpha value is -3.14. The van der Waals surface area contributed by atoms with E-state index < -0.39 is 12.0 Å². The third-order valence-electron chi connectivity index (χ3n) is 8.47. The average Bonchev–Trinajstić information content (AvgIpc) is 3.15. The van der Waals surface area contributed by atoms with Gasteiger partial charge >= 0.3 is 5.97 Å². The van der Waals surface area contributed by atoms with Crippen molar-refractivity contribution in [3.8, 4) is 0 Å². The Bertz CT molecular complexity index is 971. The molecular formula is C39H72N4O11. The van der Waals surface area contributed by atoms with E-state index in [4.69, 9.17) is 18.9 Å². The highest BCUT2D eigenvalue weighted by Gasteiger charge is 2.20. The van der Waals surface area contributed by atoms with E-state index in [1.54, 1.807) is 0 Å². The normalized spacial score (nSPS) is 11.5. The molecule has 0 aromatic heterocycles. The lowest BCUT2D eigenvalue weighted by Crippen LogP contribution is -2.41. The molecule has 15 heteroatoms. The van der Waals surface area contributed by atoms with Gasteiger partial charge in [-0.3, -0.25) is 19.2 Å². The Balaban J connectivity index is 3.65. The van der Waals surface area contributed by atoms with Crippen molar-refractivity contribution < 1.29 is 52.8 Å². The number of hydrogen-bond donors (Lipinski definition) is 5. The smallest absolute Gasteiger partial charge is 0.326 e. The van der Waals surface area contributed by atoms with Gasteiger partial charge in [0.2, 0.25) is 23.6 Å². The van der Waals surface area contributed by atoms with Crippen LogP contribution in [0.5, 0.6) is 0 Å². The molecule has 0 aliphatic rings. The number of rotatable bonds is 41. The van der Waals surface area contributed by atoms with Crippen LogP contribution in [0.2, 0.25) is 0 Å². The molecule has 0 aliphatic carbocycles. The van der Waals surface area contributed by atoms with Crippen LogP contribution in [-0.2, 0) is 47.7 Å². The van der Waals surface area contributed by atoms with E-state index in [1.807, 2.05) is 0 Å². The zero-order valence-corrected chi connectivity index (χ0v) is 33.1. The van der Waals surface area contributed by atoms with Crippen LogP contribution in [0.1, 0.15) is 135 Å². The summed E-state index contributed by atoms with van der Waals surface area (Å²) in [7, 11) is 0. The van der Waals surface area contributed by atoms with E-state index >= 15 is 0 Å². The van der Waals surface area contributed by atoms with E-state index in [1.165, 1.54) is 51.4 Å². The van der Waals surface area contributed by atoms with Crippen molar-refractivity contribution in [1.29, 1.82) is 0 Å². The van der Waals surface area contributed by atoms with Crippen LogP contribution < -0.4 is 21.3 Å². The lowest BCUT2D eigenvalue weighted by molar-refractivity contribution is -0.142. The van der Waals surface area contributed by atoms with Crippen molar-refractivity contribution in [2.45, 2.75) is 141 Å². The first-order chi connectivity index (χ1) is 26.3. The number of nitrogens with one attached hydrogen (secondary N) is 4. The number of carbonyl (C=O) groups excluding carboxylic acids is 5. The largest absolute Gasteiger partial charge is 0.480 e. The van der Waals surface area contributed by atoms with Crippen molar-refractivity contribution in [3.63, 3.8) is 0 Å². The second-order valence-electron chi connectivity index (χ2n) is 13.4. The third kappa shape index (κ3) is 37.2. The number of carboxylic acid groups (broad SMARTS) is 1. The van der Waals surface area contributed by atoms with E-state index in [0.717, 1.165) is 51.2 Å². The molecule has 0 radical (unpaired) electrons. The SMILES string of the molecule is CCCCNC(=O)COCCOCCNC(=O)COCCOCCNC(=O)CCC(NC(=O)CCCCCCCCCCCCCCCCC=O)C(=O)O. The van der Waals surface area contributed by atoms with Gasteiger partial charge in [0, 0.05) is 38.9 Å². The Kier molecular flexibility index (Phi) is 37.3. The predicted octanol–water partition coefficient (Wildman–Crippen LogP) is 3.99. The molecule has 1 unspecified atom stereocenters. The molecule has 5 N–H and O–H groups in total. The maximum Gasteiger partial charge on any atom is 0.326 e. The van der Waals surface area contributed by atoms with Crippen LogP contribution in [-0.4, -0.2) is 120 Å². The molecule has 0 bridgehead atoms. The number of carbonyl (C=O) groups is 6. The maximum absolute atomic E-state index is 12.3. The van der Waals surface area contributed by atoms with E-state index in [9.17, 15) is 33.9 Å². The summed E-state index contributed by atoms with van der Waals surface area (Å²) in [4.78, 5) is 69.7. The molecule has 0 aromatic rings. The quantitative estimate of drug-likeness (QED) is 0.0444. The van der Waals surface area contributed by atoms with E-state index in [2.05, 4.69) is 28.2 Å². The molecule has 54 heavy (non-hydrogen) atoms. The van der Waals surface area contributed by atoms with Crippen LogP contribution in [0.25, 0.3) is 0 Å².